The Hall–Kier alpha value is -2.73. The second-order valence-corrected chi connectivity index (χ2v) is 5.96. The summed E-state index contributed by atoms with van der Waals surface area (Å²) in [6.07, 6.45) is 0. The Kier molecular flexibility index (Phi) is 4.86. The number of nitrogens with zero attached hydrogens (tertiary/aromatic N) is 2. The molecule has 3 rings (SSSR count). The minimum absolute atomic E-state index is 0.372. The van der Waals surface area contributed by atoms with Crippen LogP contribution in [0.25, 0.3) is 11.4 Å². The molecule has 0 fully saturated rings. The van der Waals surface area contributed by atoms with Crippen LogP contribution in [0.1, 0.15) is 17.0 Å². The largest absolute Gasteiger partial charge is 0.353 e. The van der Waals surface area contributed by atoms with E-state index in [1.54, 1.807) is 0 Å². The van der Waals surface area contributed by atoms with Crippen molar-refractivity contribution in [1.29, 1.82) is 0 Å². The van der Waals surface area contributed by atoms with Crippen molar-refractivity contribution in [3.05, 3.63) is 65.5 Å². The molecule has 2 N–H and O–H groups in total. The third kappa shape index (κ3) is 4.17. The molecule has 0 aliphatic heterocycles. The molecule has 5 nitrogen and oxygen atoms in total. The smallest absolute Gasteiger partial charge is 0.246 e. The molecule has 122 valence electrons. The molecule has 24 heavy (non-hydrogen) atoms. The van der Waals surface area contributed by atoms with E-state index in [0.29, 0.717) is 23.4 Å². The van der Waals surface area contributed by atoms with Crippen LogP contribution < -0.4 is 10.6 Å². The summed E-state index contributed by atoms with van der Waals surface area (Å²) >= 11 is 5.28. The van der Waals surface area contributed by atoms with Gasteiger partial charge in [-0.1, -0.05) is 47.1 Å². The molecular weight excluding hydrogens is 320 g/mol. The van der Waals surface area contributed by atoms with E-state index < -0.39 is 0 Å². The molecular formula is C18H18N4OS. The molecule has 3 aromatic rings. The van der Waals surface area contributed by atoms with Gasteiger partial charge in [0.15, 0.2) is 5.11 Å². The predicted octanol–water partition coefficient (Wildman–Crippen LogP) is 3.84. The molecule has 0 saturated carbocycles. The first-order valence-corrected chi connectivity index (χ1v) is 8.02. The molecule has 0 saturated heterocycles. The highest BCUT2D eigenvalue weighted by atomic mass is 32.1. The molecule has 0 bridgehead atoms. The van der Waals surface area contributed by atoms with E-state index in [1.165, 1.54) is 11.1 Å². The maximum absolute atomic E-state index is 5.28. The SMILES string of the molecule is Cc1ccc(-c2noc(CNC(=S)Nc3cccc(C)c3)n2)cc1. The van der Waals surface area contributed by atoms with E-state index in [9.17, 15) is 0 Å². The summed E-state index contributed by atoms with van der Waals surface area (Å²) in [4.78, 5) is 4.38. The maximum Gasteiger partial charge on any atom is 0.246 e. The molecule has 0 amide bonds. The molecule has 0 atom stereocenters. The van der Waals surface area contributed by atoms with Crippen LogP contribution in [-0.2, 0) is 6.54 Å². The van der Waals surface area contributed by atoms with Crippen molar-refractivity contribution >= 4 is 23.0 Å². The summed E-state index contributed by atoms with van der Waals surface area (Å²) in [5, 5.41) is 10.7. The van der Waals surface area contributed by atoms with Gasteiger partial charge in [-0.2, -0.15) is 4.98 Å². The number of hydrogen-bond donors (Lipinski definition) is 2. The predicted molar refractivity (Wildman–Crippen MR) is 98.7 cm³/mol. The van der Waals surface area contributed by atoms with Crippen molar-refractivity contribution in [2.45, 2.75) is 20.4 Å². The first kappa shape index (κ1) is 16.1. The lowest BCUT2D eigenvalue weighted by molar-refractivity contribution is 0.376. The Labute approximate surface area is 146 Å². The van der Waals surface area contributed by atoms with E-state index in [2.05, 4.69) is 20.8 Å². The fourth-order valence-electron chi connectivity index (χ4n) is 2.20. The van der Waals surface area contributed by atoms with Gasteiger partial charge in [-0.15, -0.1) is 0 Å². The van der Waals surface area contributed by atoms with E-state index in [1.807, 2.05) is 62.4 Å². The second-order valence-electron chi connectivity index (χ2n) is 5.55. The highest BCUT2D eigenvalue weighted by Gasteiger charge is 2.09. The normalized spacial score (nSPS) is 10.4. The lowest BCUT2D eigenvalue weighted by Crippen LogP contribution is -2.28. The van der Waals surface area contributed by atoms with Crippen LogP contribution in [-0.4, -0.2) is 15.3 Å². The van der Waals surface area contributed by atoms with Crippen LogP contribution >= 0.6 is 12.2 Å². The fourth-order valence-corrected chi connectivity index (χ4v) is 2.39. The van der Waals surface area contributed by atoms with E-state index >= 15 is 0 Å². The zero-order valence-electron chi connectivity index (χ0n) is 13.5. The van der Waals surface area contributed by atoms with Crippen LogP contribution in [0.3, 0.4) is 0 Å². The van der Waals surface area contributed by atoms with Crippen molar-refractivity contribution in [3.63, 3.8) is 0 Å². The van der Waals surface area contributed by atoms with Crippen LogP contribution in [0, 0.1) is 13.8 Å². The molecule has 0 aliphatic carbocycles. The summed E-state index contributed by atoms with van der Waals surface area (Å²) in [7, 11) is 0. The minimum Gasteiger partial charge on any atom is -0.353 e. The summed E-state index contributed by atoms with van der Waals surface area (Å²) < 4.78 is 5.26. The van der Waals surface area contributed by atoms with Gasteiger partial charge in [0.1, 0.15) is 0 Å². The Morgan fingerprint density at radius 2 is 1.88 bits per heavy atom. The zero-order chi connectivity index (χ0) is 16.9. The van der Waals surface area contributed by atoms with Gasteiger partial charge >= 0.3 is 0 Å². The van der Waals surface area contributed by atoms with Gasteiger partial charge in [0.2, 0.25) is 11.7 Å². The molecule has 0 aliphatic rings. The van der Waals surface area contributed by atoms with Crippen LogP contribution in [0.4, 0.5) is 5.69 Å². The summed E-state index contributed by atoms with van der Waals surface area (Å²) in [6.45, 7) is 4.45. The van der Waals surface area contributed by atoms with Crippen molar-refractivity contribution in [2.24, 2.45) is 0 Å². The number of hydrogen-bond acceptors (Lipinski definition) is 4. The van der Waals surface area contributed by atoms with Crippen molar-refractivity contribution in [3.8, 4) is 11.4 Å². The Bertz CT molecular complexity index is 842. The molecule has 1 aromatic heterocycles. The average Bonchev–Trinajstić information content (AvgIpc) is 3.03. The standard InChI is InChI=1S/C18H18N4OS/c1-12-6-8-14(9-7-12)17-21-16(23-22-17)11-19-18(24)20-15-5-3-4-13(2)10-15/h3-10H,11H2,1-2H3,(H2,19,20,24). The fraction of sp³-hybridized carbons (Fsp3) is 0.167. The summed E-state index contributed by atoms with van der Waals surface area (Å²) in [5.41, 5.74) is 4.23. The first-order chi connectivity index (χ1) is 11.6. The number of thiocarbonyl (C=S) groups is 1. The summed E-state index contributed by atoms with van der Waals surface area (Å²) in [5.74, 6) is 1.06. The van der Waals surface area contributed by atoms with Gasteiger partial charge in [-0.05, 0) is 43.8 Å². The van der Waals surface area contributed by atoms with Crippen molar-refractivity contribution < 1.29 is 4.52 Å². The van der Waals surface area contributed by atoms with Crippen LogP contribution in [0.5, 0.6) is 0 Å². The Morgan fingerprint density at radius 3 is 2.62 bits per heavy atom. The maximum atomic E-state index is 5.28. The highest BCUT2D eigenvalue weighted by Crippen LogP contribution is 2.16. The van der Waals surface area contributed by atoms with E-state index in [-0.39, 0.29) is 0 Å². The molecule has 1 heterocycles. The van der Waals surface area contributed by atoms with E-state index in [0.717, 1.165) is 11.3 Å². The number of nitrogens with one attached hydrogen (secondary N) is 2. The molecule has 6 heteroatoms. The second kappa shape index (κ2) is 7.23. The van der Waals surface area contributed by atoms with Gasteiger partial charge in [0, 0.05) is 11.3 Å². The van der Waals surface area contributed by atoms with E-state index in [4.69, 9.17) is 16.7 Å². The van der Waals surface area contributed by atoms with Gasteiger partial charge in [-0.3, -0.25) is 0 Å². The van der Waals surface area contributed by atoms with Gasteiger partial charge in [-0.25, -0.2) is 0 Å². The van der Waals surface area contributed by atoms with Gasteiger partial charge in [0.05, 0.1) is 6.54 Å². The Balaban J connectivity index is 1.57. The number of anilines is 1. The first-order valence-electron chi connectivity index (χ1n) is 7.61. The number of rotatable bonds is 4. The van der Waals surface area contributed by atoms with Crippen LogP contribution in [0.15, 0.2) is 53.1 Å². The molecule has 2 aromatic carbocycles. The average molecular weight is 338 g/mol. The molecule has 0 unspecified atom stereocenters. The van der Waals surface area contributed by atoms with Crippen molar-refractivity contribution in [1.82, 2.24) is 15.5 Å². The quantitative estimate of drug-likeness (QED) is 0.705. The van der Waals surface area contributed by atoms with Gasteiger partial charge < -0.3 is 15.2 Å². The Morgan fingerprint density at radius 1 is 1.08 bits per heavy atom. The van der Waals surface area contributed by atoms with Crippen LogP contribution in [0.2, 0.25) is 0 Å². The third-order valence-electron chi connectivity index (χ3n) is 3.45. The van der Waals surface area contributed by atoms with Crippen molar-refractivity contribution in [2.75, 3.05) is 5.32 Å². The minimum atomic E-state index is 0.372. The highest BCUT2D eigenvalue weighted by molar-refractivity contribution is 7.80. The monoisotopic (exact) mass is 338 g/mol. The van der Waals surface area contributed by atoms with Gasteiger partial charge in [0.25, 0.3) is 0 Å². The lowest BCUT2D eigenvalue weighted by atomic mass is 10.1. The molecule has 0 spiro atoms. The number of aryl methyl sites for hydroxylation is 2. The lowest BCUT2D eigenvalue weighted by Gasteiger charge is -2.09. The zero-order valence-corrected chi connectivity index (χ0v) is 14.4. The number of benzene rings is 2. The summed E-state index contributed by atoms with van der Waals surface area (Å²) in [6, 6.07) is 16.0. The topological polar surface area (TPSA) is 63.0 Å². The number of aromatic nitrogens is 2. The third-order valence-corrected chi connectivity index (χ3v) is 3.70. The molecule has 0 radical (unpaired) electrons.